The molecule has 1 aliphatic rings. The highest BCUT2D eigenvalue weighted by Crippen LogP contribution is 2.27. The lowest BCUT2D eigenvalue weighted by Crippen LogP contribution is -2.49. The van der Waals surface area contributed by atoms with E-state index in [-0.39, 0.29) is 6.04 Å². The van der Waals surface area contributed by atoms with E-state index >= 15 is 0 Å². The van der Waals surface area contributed by atoms with Crippen LogP contribution in [0.5, 0.6) is 0 Å². The molecule has 1 N–H and O–H groups in total. The van der Waals surface area contributed by atoms with E-state index in [1.807, 2.05) is 30.3 Å². The first-order chi connectivity index (χ1) is 9.16. The van der Waals surface area contributed by atoms with E-state index in [4.69, 9.17) is 4.74 Å². The minimum Gasteiger partial charge on any atom is -0.375 e. The Morgan fingerprint density at radius 2 is 2.05 bits per heavy atom. The zero-order chi connectivity index (χ0) is 13.7. The Morgan fingerprint density at radius 1 is 1.37 bits per heavy atom. The van der Waals surface area contributed by atoms with Gasteiger partial charge in [0.2, 0.25) is 0 Å². The standard InChI is InChI=1S/C16H22N2O/c1-13(2)18-16(11-17,12-19-15-9-6-10-15)14-7-4-3-5-8-14/h3-5,7-8,13,15,18H,6,9-10,12H2,1-2H3. The lowest BCUT2D eigenvalue weighted by molar-refractivity contribution is -0.0219. The van der Waals surface area contributed by atoms with Crippen molar-refractivity contribution >= 4 is 0 Å². The van der Waals surface area contributed by atoms with Gasteiger partial charge < -0.3 is 4.74 Å². The maximum absolute atomic E-state index is 9.69. The number of nitriles is 1. The SMILES string of the molecule is CC(C)NC(C#N)(COC1CCC1)c1ccccc1. The molecule has 2 rings (SSSR count). The van der Waals surface area contributed by atoms with Crippen LogP contribution in [0.3, 0.4) is 0 Å². The molecule has 0 saturated heterocycles. The first-order valence-corrected chi connectivity index (χ1v) is 7.02. The molecule has 3 heteroatoms. The molecule has 19 heavy (non-hydrogen) atoms. The quantitative estimate of drug-likeness (QED) is 0.853. The molecule has 102 valence electrons. The molecule has 0 heterocycles. The van der Waals surface area contributed by atoms with Gasteiger partial charge in [0.25, 0.3) is 0 Å². The number of rotatable bonds is 6. The zero-order valence-corrected chi connectivity index (χ0v) is 11.7. The second kappa shape index (κ2) is 6.18. The average molecular weight is 258 g/mol. The molecule has 0 aliphatic heterocycles. The predicted octanol–water partition coefficient (Wildman–Crippen LogP) is 2.97. The van der Waals surface area contributed by atoms with Crippen LogP contribution in [0.4, 0.5) is 0 Å². The summed E-state index contributed by atoms with van der Waals surface area (Å²) < 4.78 is 5.90. The van der Waals surface area contributed by atoms with Crippen molar-refractivity contribution < 1.29 is 4.74 Å². The lowest BCUT2D eigenvalue weighted by atomic mass is 9.90. The molecule has 1 atom stereocenters. The summed E-state index contributed by atoms with van der Waals surface area (Å²) >= 11 is 0. The molecule has 1 aromatic rings. The summed E-state index contributed by atoms with van der Waals surface area (Å²) in [6.07, 6.45) is 3.83. The van der Waals surface area contributed by atoms with E-state index in [0.717, 1.165) is 18.4 Å². The fourth-order valence-corrected chi connectivity index (χ4v) is 2.33. The Kier molecular flexibility index (Phi) is 4.57. The van der Waals surface area contributed by atoms with Crippen molar-refractivity contribution in [1.29, 1.82) is 5.26 Å². The Hall–Kier alpha value is -1.37. The summed E-state index contributed by atoms with van der Waals surface area (Å²) in [5, 5.41) is 13.1. The van der Waals surface area contributed by atoms with Crippen LogP contribution in [-0.4, -0.2) is 18.8 Å². The molecule has 0 amide bonds. The van der Waals surface area contributed by atoms with Crippen LogP contribution in [0, 0.1) is 11.3 Å². The minimum atomic E-state index is -0.745. The summed E-state index contributed by atoms with van der Waals surface area (Å²) in [6.45, 7) is 4.52. The maximum Gasteiger partial charge on any atom is 0.156 e. The molecule has 1 aromatic carbocycles. The zero-order valence-electron chi connectivity index (χ0n) is 11.7. The van der Waals surface area contributed by atoms with E-state index in [9.17, 15) is 5.26 Å². The van der Waals surface area contributed by atoms with E-state index in [0.29, 0.717) is 12.7 Å². The average Bonchev–Trinajstić information content (AvgIpc) is 2.36. The molecule has 0 radical (unpaired) electrons. The predicted molar refractivity (Wildman–Crippen MR) is 75.6 cm³/mol. The van der Waals surface area contributed by atoms with Gasteiger partial charge in [-0.05, 0) is 38.7 Å². The molecular weight excluding hydrogens is 236 g/mol. The van der Waals surface area contributed by atoms with Crippen LogP contribution in [0.15, 0.2) is 30.3 Å². The number of nitrogens with one attached hydrogen (secondary N) is 1. The molecule has 0 aromatic heterocycles. The van der Waals surface area contributed by atoms with Gasteiger partial charge in [0.1, 0.15) is 0 Å². The highest BCUT2D eigenvalue weighted by Gasteiger charge is 2.35. The molecule has 1 aliphatic carbocycles. The van der Waals surface area contributed by atoms with Gasteiger partial charge in [-0.25, -0.2) is 0 Å². The van der Waals surface area contributed by atoms with Gasteiger partial charge in [0.15, 0.2) is 5.54 Å². The fourth-order valence-electron chi connectivity index (χ4n) is 2.33. The van der Waals surface area contributed by atoms with Crippen LogP contribution in [-0.2, 0) is 10.3 Å². The maximum atomic E-state index is 9.69. The molecule has 1 unspecified atom stereocenters. The fraction of sp³-hybridized carbons (Fsp3) is 0.562. The van der Waals surface area contributed by atoms with Crippen molar-refractivity contribution in [2.75, 3.05) is 6.61 Å². The first-order valence-electron chi connectivity index (χ1n) is 7.02. The van der Waals surface area contributed by atoms with Gasteiger partial charge in [0.05, 0.1) is 18.8 Å². The van der Waals surface area contributed by atoms with Crippen LogP contribution >= 0.6 is 0 Å². The Bertz CT molecular complexity index is 434. The second-order valence-corrected chi connectivity index (χ2v) is 5.55. The highest BCUT2D eigenvalue weighted by molar-refractivity contribution is 5.31. The number of nitrogens with zero attached hydrogens (tertiary/aromatic N) is 1. The van der Waals surface area contributed by atoms with Crippen LogP contribution in [0.2, 0.25) is 0 Å². The normalized spacial score (nSPS) is 18.6. The molecule has 3 nitrogen and oxygen atoms in total. The van der Waals surface area contributed by atoms with Gasteiger partial charge in [-0.3, -0.25) is 5.32 Å². The Labute approximate surface area is 115 Å². The van der Waals surface area contributed by atoms with E-state index in [1.165, 1.54) is 6.42 Å². The monoisotopic (exact) mass is 258 g/mol. The smallest absolute Gasteiger partial charge is 0.156 e. The summed E-state index contributed by atoms with van der Waals surface area (Å²) in [7, 11) is 0. The van der Waals surface area contributed by atoms with Crippen molar-refractivity contribution in [1.82, 2.24) is 5.32 Å². The number of benzene rings is 1. The molecule has 1 fully saturated rings. The number of ether oxygens (including phenoxy) is 1. The Morgan fingerprint density at radius 3 is 2.53 bits per heavy atom. The van der Waals surface area contributed by atoms with Crippen molar-refractivity contribution in [2.45, 2.75) is 50.8 Å². The third-order valence-electron chi connectivity index (χ3n) is 3.58. The Balaban J connectivity index is 2.17. The molecule has 1 saturated carbocycles. The summed E-state index contributed by atoms with van der Waals surface area (Å²) in [5.41, 5.74) is 0.232. The van der Waals surface area contributed by atoms with Crippen molar-refractivity contribution in [3.8, 4) is 6.07 Å². The topological polar surface area (TPSA) is 45.0 Å². The second-order valence-electron chi connectivity index (χ2n) is 5.55. The largest absolute Gasteiger partial charge is 0.375 e. The van der Waals surface area contributed by atoms with E-state index < -0.39 is 5.54 Å². The third kappa shape index (κ3) is 3.34. The van der Waals surface area contributed by atoms with Crippen molar-refractivity contribution in [2.24, 2.45) is 0 Å². The number of hydrogen-bond acceptors (Lipinski definition) is 3. The molecule has 0 bridgehead atoms. The van der Waals surface area contributed by atoms with Gasteiger partial charge in [-0.1, -0.05) is 30.3 Å². The first kappa shape index (κ1) is 14.0. The van der Waals surface area contributed by atoms with E-state index in [1.54, 1.807) is 0 Å². The summed E-state index contributed by atoms with van der Waals surface area (Å²) in [6, 6.07) is 12.5. The van der Waals surface area contributed by atoms with Gasteiger partial charge in [-0.2, -0.15) is 5.26 Å². The minimum absolute atomic E-state index is 0.227. The van der Waals surface area contributed by atoms with Crippen LogP contribution in [0.1, 0.15) is 38.7 Å². The number of hydrogen-bond donors (Lipinski definition) is 1. The van der Waals surface area contributed by atoms with Crippen LogP contribution in [0.25, 0.3) is 0 Å². The molecular formula is C16H22N2O. The highest BCUT2D eigenvalue weighted by atomic mass is 16.5. The van der Waals surface area contributed by atoms with Crippen LogP contribution < -0.4 is 5.32 Å². The van der Waals surface area contributed by atoms with Gasteiger partial charge in [-0.15, -0.1) is 0 Å². The molecule has 0 spiro atoms. The van der Waals surface area contributed by atoms with E-state index in [2.05, 4.69) is 25.2 Å². The van der Waals surface area contributed by atoms with Crippen molar-refractivity contribution in [3.05, 3.63) is 35.9 Å². The summed E-state index contributed by atoms with van der Waals surface area (Å²) in [5.74, 6) is 0. The van der Waals surface area contributed by atoms with Gasteiger partial charge in [0, 0.05) is 6.04 Å². The lowest BCUT2D eigenvalue weighted by Gasteiger charge is -2.34. The third-order valence-corrected chi connectivity index (χ3v) is 3.58. The van der Waals surface area contributed by atoms with Crippen molar-refractivity contribution in [3.63, 3.8) is 0 Å². The summed E-state index contributed by atoms with van der Waals surface area (Å²) in [4.78, 5) is 0. The van der Waals surface area contributed by atoms with Gasteiger partial charge >= 0.3 is 0 Å².